The van der Waals surface area contributed by atoms with Gasteiger partial charge in [-0.25, -0.2) is 0 Å². The number of ether oxygens (including phenoxy) is 1. The number of nitrogens with two attached hydrogens (primary N) is 1. The van der Waals surface area contributed by atoms with Gasteiger partial charge in [0, 0.05) is 5.69 Å². The number of anilines is 1. The zero-order valence-electron chi connectivity index (χ0n) is 10.1. The Morgan fingerprint density at radius 2 is 2.24 bits per heavy atom. The Balaban J connectivity index is 2.24. The third kappa shape index (κ3) is 2.58. The number of carbonyl (C=O) groups is 1. The number of rotatable bonds is 5. The van der Waals surface area contributed by atoms with Gasteiger partial charge in [0.2, 0.25) is 5.91 Å². The first-order valence-electron chi connectivity index (χ1n) is 5.94. The third-order valence-corrected chi connectivity index (χ3v) is 3.03. The molecule has 0 bridgehead atoms. The average molecular weight is 234 g/mol. The third-order valence-electron chi connectivity index (χ3n) is 3.03. The molecular formula is C13H18N2O2. The fraction of sp³-hybridized carbons (Fsp3) is 0.462. The molecule has 0 radical (unpaired) electrons. The monoisotopic (exact) mass is 234 g/mol. The molecule has 1 aliphatic rings. The van der Waals surface area contributed by atoms with Crippen LogP contribution >= 0.6 is 0 Å². The largest absolute Gasteiger partial charge is 0.497 e. The predicted octanol–water partition coefficient (Wildman–Crippen LogP) is 1.47. The van der Waals surface area contributed by atoms with Gasteiger partial charge in [0.25, 0.3) is 0 Å². The molecule has 17 heavy (non-hydrogen) atoms. The predicted molar refractivity (Wildman–Crippen MR) is 67.3 cm³/mol. The summed E-state index contributed by atoms with van der Waals surface area (Å²) in [6, 6.07) is 3.93. The molecule has 4 nitrogen and oxygen atoms in total. The van der Waals surface area contributed by atoms with E-state index in [0.717, 1.165) is 41.8 Å². The highest BCUT2D eigenvalue weighted by Crippen LogP contribution is 2.32. The van der Waals surface area contributed by atoms with Gasteiger partial charge in [0.05, 0.1) is 13.5 Å². The minimum Gasteiger partial charge on any atom is -0.497 e. The Labute approximate surface area is 101 Å². The molecule has 92 valence electrons. The molecular weight excluding hydrogens is 216 g/mol. The standard InChI is InChI=1S/C13H18N2O2/c1-17-11-6-9(4-2-3-5-14)13-10(7-11)8-12(16)15-13/h6-7H,2-5,8,14H2,1H3,(H,15,16). The lowest BCUT2D eigenvalue weighted by molar-refractivity contribution is -0.115. The van der Waals surface area contributed by atoms with Crippen molar-refractivity contribution in [2.75, 3.05) is 19.0 Å². The lowest BCUT2D eigenvalue weighted by atomic mass is 10.0. The Morgan fingerprint density at radius 3 is 2.94 bits per heavy atom. The molecule has 0 saturated carbocycles. The van der Waals surface area contributed by atoms with E-state index in [4.69, 9.17) is 10.5 Å². The Bertz CT molecular complexity index is 430. The topological polar surface area (TPSA) is 64.3 Å². The molecule has 1 aromatic carbocycles. The molecule has 0 saturated heterocycles. The highest BCUT2D eigenvalue weighted by atomic mass is 16.5. The molecule has 0 atom stereocenters. The fourth-order valence-electron chi connectivity index (χ4n) is 2.17. The smallest absolute Gasteiger partial charge is 0.228 e. The van der Waals surface area contributed by atoms with Gasteiger partial charge >= 0.3 is 0 Å². The molecule has 1 aliphatic heterocycles. The minimum absolute atomic E-state index is 0.0633. The number of benzene rings is 1. The van der Waals surface area contributed by atoms with Gasteiger partial charge in [-0.3, -0.25) is 4.79 Å². The van der Waals surface area contributed by atoms with E-state index in [-0.39, 0.29) is 5.91 Å². The quantitative estimate of drug-likeness (QED) is 0.758. The number of amides is 1. The van der Waals surface area contributed by atoms with Crippen LogP contribution in [0.1, 0.15) is 24.0 Å². The number of aryl methyl sites for hydroxylation is 1. The van der Waals surface area contributed by atoms with Crippen LogP contribution < -0.4 is 15.8 Å². The second kappa shape index (κ2) is 5.19. The van der Waals surface area contributed by atoms with E-state index in [0.29, 0.717) is 13.0 Å². The van der Waals surface area contributed by atoms with Crippen LogP contribution in [-0.2, 0) is 17.6 Å². The summed E-state index contributed by atoms with van der Waals surface area (Å²) in [6.07, 6.45) is 3.42. The van der Waals surface area contributed by atoms with Gasteiger partial charge in [-0.1, -0.05) is 0 Å². The first kappa shape index (κ1) is 11.9. The lowest BCUT2D eigenvalue weighted by Crippen LogP contribution is -2.05. The number of carbonyl (C=O) groups excluding carboxylic acids is 1. The molecule has 0 aliphatic carbocycles. The molecule has 1 aromatic rings. The SMILES string of the molecule is COc1cc(CCCCN)c2c(c1)CC(=O)N2. The molecule has 2 rings (SSSR count). The molecule has 1 amide bonds. The van der Waals surface area contributed by atoms with E-state index in [1.165, 1.54) is 0 Å². The summed E-state index contributed by atoms with van der Waals surface area (Å²) in [4.78, 5) is 11.4. The van der Waals surface area contributed by atoms with Crippen LogP contribution in [0.3, 0.4) is 0 Å². The minimum atomic E-state index is 0.0633. The van der Waals surface area contributed by atoms with Gasteiger partial charge < -0.3 is 15.8 Å². The Kier molecular flexibility index (Phi) is 3.64. The molecule has 0 unspecified atom stereocenters. The van der Waals surface area contributed by atoms with E-state index in [1.54, 1.807) is 7.11 Å². The number of hydrogen-bond donors (Lipinski definition) is 2. The number of nitrogens with one attached hydrogen (secondary N) is 1. The number of hydrogen-bond acceptors (Lipinski definition) is 3. The number of unbranched alkanes of at least 4 members (excludes halogenated alkanes) is 1. The molecule has 0 fully saturated rings. The van der Waals surface area contributed by atoms with E-state index in [2.05, 4.69) is 5.32 Å². The van der Waals surface area contributed by atoms with Crippen molar-refractivity contribution in [2.45, 2.75) is 25.7 Å². The van der Waals surface area contributed by atoms with Crippen LogP contribution in [-0.4, -0.2) is 19.6 Å². The van der Waals surface area contributed by atoms with Crippen molar-refractivity contribution in [2.24, 2.45) is 5.73 Å². The summed E-state index contributed by atoms with van der Waals surface area (Å²) < 4.78 is 5.26. The van der Waals surface area contributed by atoms with Gasteiger partial charge in [-0.05, 0) is 49.1 Å². The van der Waals surface area contributed by atoms with Crippen molar-refractivity contribution in [1.82, 2.24) is 0 Å². The highest BCUT2D eigenvalue weighted by molar-refractivity contribution is 6.00. The fourth-order valence-corrected chi connectivity index (χ4v) is 2.17. The van der Waals surface area contributed by atoms with E-state index in [1.807, 2.05) is 12.1 Å². The highest BCUT2D eigenvalue weighted by Gasteiger charge is 2.21. The van der Waals surface area contributed by atoms with Crippen molar-refractivity contribution in [1.29, 1.82) is 0 Å². The average Bonchev–Trinajstić information content (AvgIpc) is 2.69. The van der Waals surface area contributed by atoms with Crippen LogP contribution in [0.15, 0.2) is 12.1 Å². The number of fused-ring (bicyclic) bond motifs is 1. The normalized spacial score (nSPS) is 13.4. The summed E-state index contributed by atoms with van der Waals surface area (Å²) >= 11 is 0. The second-order valence-corrected chi connectivity index (χ2v) is 4.29. The van der Waals surface area contributed by atoms with E-state index in [9.17, 15) is 4.79 Å². The molecule has 0 aromatic heterocycles. The summed E-state index contributed by atoms with van der Waals surface area (Å²) in [5.41, 5.74) is 8.66. The maximum Gasteiger partial charge on any atom is 0.228 e. The van der Waals surface area contributed by atoms with Crippen LogP contribution in [0, 0.1) is 0 Å². The van der Waals surface area contributed by atoms with Crippen LogP contribution in [0.5, 0.6) is 5.75 Å². The van der Waals surface area contributed by atoms with Crippen LogP contribution in [0.2, 0.25) is 0 Å². The Morgan fingerprint density at radius 1 is 1.41 bits per heavy atom. The van der Waals surface area contributed by atoms with Gasteiger partial charge in [-0.2, -0.15) is 0 Å². The summed E-state index contributed by atoms with van der Waals surface area (Å²) in [5, 5.41) is 2.92. The van der Waals surface area contributed by atoms with Gasteiger partial charge in [0.1, 0.15) is 5.75 Å². The van der Waals surface area contributed by atoms with Crippen molar-refractivity contribution < 1.29 is 9.53 Å². The molecule has 3 N–H and O–H groups in total. The zero-order valence-corrected chi connectivity index (χ0v) is 10.1. The van der Waals surface area contributed by atoms with Crippen LogP contribution in [0.4, 0.5) is 5.69 Å². The molecule has 1 heterocycles. The van der Waals surface area contributed by atoms with E-state index >= 15 is 0 Å². The Hall–Kier alpha value is -1.55. The van der Waals surface area contributed by atoms with Crippen molar-refractivity contribution in [3.05, 3.63) is 23.3 Å². The van der Waals surface area contributed by atoms with Crippen molar-refractivity contribution >= 4 is 11.6 Å². The maximum atomic E-state index is 11.4. The van der Waals surface area contributed by atoms with Gasteiger partial charge in [-0.15, -0.1) is 0 Å². The summed E-state index contributed by atoms with van der Waals surface area (Å²) in [5.74, 6) is 0.885. The molecule has 0 spiro atoms. The molecule has 4 heteroatoms. The van der Waals surface area contributed by atoms with Crippen molar-refractivity contribution in [3.63, 3.8) is 0 Å². The lowest BCUT2D eigenvalue weighted by Gasteiger charge is -2.10. The van der Waals surface area contributed by atoms with E-state index < -0.39 is 0 Å². The summed E-state index contributed by atoms with van der Waals surface area (Å²) in [6.45, 7) is 0.707. The van der Waals surface area contributed by atoms with Gasteiger partial charge in [0.15, 0.2) is 0 Å². The number of methoxy groups -OCH3 is 1. The first-order valence-corrected chi connectivity index (χ1v) is 5.94. The zero-order chi connectivity index (χ0) is 12.3. The summed E-state index contributed by atoms with van der Waals surface area (Å²) in [7, 11) is 1.65. The second-order valence-electron chi connectivity index (χ2n) is 4.29. The van der Waals surface area contributed by atoms with Crippen LogP contribution in [0.25, 0.3) is 0 Å². The maximum absolute atomic E-state index is 11.4. The van der Waals surface area contributed by atoms with Crippen molar-refractivity contribution in [3.8, 4) is 5.75 Å². The first-order chi connectivity index (χ1) is 8.24.